The molecular weight excluding hydrogens is 434 g/mol. The molecule has 3 aromatic rings. The minimum absolute atomic E-state index is 0.465. The van der Waals surface area contributed by atoms with E-state index in [9.17, 15) is 4.79 Å². The van der Waals surface area contributed by atoms with Crippen molar-refractivity contribution in [3.8, 4) is 23.0 Å². The first-order valence-electron chi connectivity index (χ1n) is 11.1. The van der Waals surface area contributed by atoms with E-state index in [2.05, 4.69) is 17.0 Å². The highest BCUT2D eigenvalue weighted by Crippen LogP contribution is 2.38. The molecule has 7 heteroatoms. The van der Waals surface area contributed by atoms with Crippen LogP contribution in [0.2, 0.25) is 0 Å². The van der Waals surface area contributed by atoms with Crippen LogP contribution in [0.5, 0.6) is 23.0 Å². The van der Waals surface area contributed by atoms with Crippen LogP contribution in [0.4, 0.5) is 0 Å². The van der Waals surface area contributed by atoms with E-state index in [1.807, 2.05) is 24.3 Å². The highest BCUT2D eigenvalue weighted by molar-refractivity contribution is 5.92. The Morgan fingerprint density at radius 2 is 1.65 bits per heavy atom. The van der Waals surface area contributed by atoms with Gasteiger partial charge in [-0.25, -0.2) is 4.79 Å². The molecule has 0 saturated carbocycles. The van der Waals surface area contributed by atoms with Gasteiger partial charge in [0.15, 0.2) is 11.5 Å². The van der Waals surface area contributed by atoms with Crippen molar-refractivity contribution in [2.45, 2.75) is 6.54 Å². The lowest BCUT2D eigenvalue weighted by atomic mass is 10.0. The van der Waals surface area contributed by atoms with Gasteiger partial charge in [-0.1, -0.05) is 30.3 Å². The predicted molar refractivity (Wildman–Crippen MR) is 131 cm³/mol. The fraction of sp³-hybridized carbons (Fsp3) is 0.296. The average molecular weight is 464 g/mol. The Kier molecular flexibility index (Phi) is 7.67. The summed E-state index contributed by atoms with van der Waals surface area (Å²) in [7, 11) is 4.65. The zero-order valence-corrected chi connectivity index (χ0v) is 19.7. The second kappa shape index (κ2) is 11.0. The molecule has 1 aliphatic heterocycles. The number of esters is 1. The molecule has 1 saturated heterocycles. The third-order valence-electron chi connectivity index (χ3n) is 5.79. The van der Waals surface area contributed by atoms with Crippen LogP contribution in [0, 0.1) is 0 Å². The maximum atomic E-state index is 12.8. The quantitative estimate of drug-likeness (QED) is 0.280. The third kappa shape index (κ3) is 5.32. The number of methoxy groups -OCH3 is 3. The summed E-state index contributed by atoms with van der Waals surface area (Å²) >= 11 is 0. The molecule has 3 aromatic carbocycles. The van der Waals surface area contributed by atoms with Gasteiger partial charge in [-0.2, -0.15) is 0 Å². The molecule has 34 heavy (non-hydrogen) atoms. The SMILES string of the molecule is COc1cc(/C=C/C(=O)Oc2ccc3ccccc3c2CN2CCOCC2)cc(OC)c1OC. The van der Waals surface area contributed by atoms with Crippen LogP contribution >= 0.6 is 0 Å². The first-order valence-corrected chi connectivity index (χ1v) is 11.1. The van der Waals surface area contributed by atoms with Gasteiger partial charge in [-0.15, -0.1) is 0 Å². The summed E-state index contributed by atoms with van der Waals surface area (Å²) in [5.41, 5.74) is 1.72. The third-order valence-corrected chi connectivity index (χ3v) is 5.79. The van der Waals surface area contributed by atoms with Crippen molar-refractivity contribution in [1.29, 1.82) is 0 Å². The minimum Gasteiger partial charge on any atom is -0.493 e. The summed E-state index contributed by atoms with van der Waals surface area (Å²) in [4.78, 5) is 15.1. The summed E-state index contributed by atoms with van der Waals surface area (Å²) in [6, 6.07) is 15.5. The number of carbonyl (C=O) groups is 1. The van der Waals surface area contributed by atoms with Crippen molar-refractivity contribution in [2.24, 2.45) is 0 Å². The van der Waals surface area contributed by atoms with Crippen LogP contribution in [0.3, 0.4) is 0 Å². The highest BCUT2D eigenvalue weighted by Gasteiger charge is 2.17. The number of nitrogens with zero attached hydrogens (tertiary/aromatic N) is 1. The maximum Gasteiger partial charge on any atom is 0.336 e. The molecule has 0 aromatic heterocycles. The zero-order valence-electron chi connectivity index (χ0n) is 19.7. The van der Waals surface area contributed by atoms with Crippen LogP contribution < -0.4 is 18.9 Å². The van der Waals surface area contributed by atoms with Crippen molar-refractivity contribution in [3.05, 3.63) is 65.7 Å². The number of benzene rings is 3. The smallest absolute Gasteiger partial charge is 0.336 e. The second-order valence-corrected chi connectivity index (χ2v) is 7.87. The Hall–Kier alpha value is -3.55. The first-order chi connectivity index (χ1) is 16.6. The Morgan fingerprint density at radius 1 is 0.941 bits per heavy atom. The van der Waals surface area contributed by atoms with Gasteiger partial charge in [0.25, 0.3) is 0 Å². The summed E-state index contributed by atoms with van der Waals surface area (Å²) in [5.74, 6) is 1.61. The lowest BCUT2D eigenvalue weighted by Crippen LogP contribution is -2.35. The molecule has 0 amide bonds. The number of rotatable bonds is 8. The van der Waals surface area contributed by atoms with Gasteiger partial charge in [-0.05, 0) is 40.6 Å². The van der Waals surface area contributed by atoms with Crippen molar-refractivity contribution >= 4 is 22.8 Å². The lowest BCUT2D eigenvalue weighted by molar-refractivity contribution is -0.129. The van der Waals surface area contributed by atoms with Crippen LogP contribution in [-0.4, -0.2) is 58.5 Å². The van der Waals surface area contributed by atoms with E-state index < -0.39 is 5.97 Å². The fourth-order valence-corrected chi connectivity index (χ4v) is 4.06. The van der Waals surface area contributed by atoms with E-state index in [1.54, 1.807) is 39.5 Å². The first kappa shape index (κ1) is 23.6. The van der Waals surface area contributed by atoms with E-state index in [4.69, 9.17) is 23.7 Å². The summed E-state index contributed by atoms with van der Waals surface area (Å²) in [6.45, 7) is 3.79. The molecular formula is C27H29NO6. The second-order valence-electron chi connectivity index (χ2n) is 7.87. The highest BCUT2D eigenvalue weighted by atomic mass is 16.5. The van der Waals surface area contributed by atoms with Crippen molar-refractivity contribution < 1.29 is 28.5 Å². The Balaban J connectivity index is 1.58. The molecule has 1 fully saturated rings. The number of morpholine rings is 1. The van der Waals surface area contributed by atoms with Gasteiger partial charge in [0.05, 0.1) is 34.5 Å². The topological polar surface area (TPSA) is 66.5 Å². The van der Waals surface area contributed by atoms with Gasteiger partial charge >= 0.3 is 5.97 Å². The van der Waals surface area contributed by atoms with Crippen LogP contribution in [-0.2, 0) is 16.1 Å². The van der Waals surface area contributed by atoms with Gasteiger partial charge in [0.2, 0.25) is 5.75 Å². The minimum atomic E-state index is -0.465. The molecule has 0 radical (unpaired) electrons. The Labute approximate surface area is 199 Å². The molecule has 0 aliphatic carbocycles. The standard InChI is InChI=1S/C27H29NO6/c1-30-24-16-19(17-25(31-2)27(24)32-3)8-11-26(29)34-23-10-9-20-6-4-5-7-21(20)22(23)18-28-12-14-33-15-13-28/h4-11,16-17H,12-15,18H2,1-3H3/b11-8+. The van der Waals surface area contributed by atoms with Gasteiger partial charge in [-0.3, -0.25) is 4.90 Å². The van der Waals surface area contributed by atoms with Gasteiger partial charge in [0, 0.05) is 31.3 Å². The molecule has 178 valence electrons. The summed E-state index contributed by atoms with van der Waals surface area (Å²) in [5, 5.41) is 2.19. The Morgan fingerprint density at radius 3 is 2.32 bits per heavy atom. The summed E-state index contributed by atoms with van der Waals surface area (Å²) < 4.78 is 27.4. The van der Waals surface area contributed by atoms with Gasteiger partial charge in [0.1, 0.15) is 5.75 Å². The van der Waals surface area contributed by atoms with Crippen LogP contribution in [0.15, 0.2) is 54.6 Å². The van der Waals surface area contributed by atoms with Gasteiger partial charge < -0.3 is 23.7 Å². The molecule has 0 N–H and O–H groups in total. The van der Waals surface area contributed by atoms with Crippen LogP contribution in [0.25, 0.3) is 16.8 Å². The van der Waals surface area contributed by atoms with Crippen LogP contribution in [0.1, 0.15) is 11.1 Å². The lowest BCUT2D eigenvalue weighted by Gasteiger charge is -2.27. The summed E-state index contributed by atoms with van der Waals surface area (Å²) in [6.07, 6.45) is 3.06. The number of carbonyl (C=O) groups excluding carboxylic acids is 1. The number of hydrogen-bond acceptors (Lipinski definition) is 7. The average Bonchev–Trinajstić information content (AvgIpc) is 2.88. The molecule has 4 rings (SSSR count). The monoisotopic (exact) mass is 463 g/mol. The van der Waals surface area contributed by atoms with E-state index in [1.165, 1.54) is 6.08 Å². The van der Waals surface area contributed by atoms with Crippen molar-refractivity contribution in [3.63, 3.8) is 0 Å². The molecule has 0 atom stereocenters. The predicted octanol–water partition coefficient (Wildman–Crippen LogP) is 4.32. The number of ether oxygens (including phenoxy) is 5. The van der Waals surface area contributed by atoms with Crippen molar-refractivity contribution in [2.75, 3.05) is 47.6 Å². The molecule has 0 unspecified atom stereocenters. The number of fused-ring (bicyclic) bond motifs is 1. The fourth-order valence-electron chi connectivity index (χ4n) is 4.06. The molecule has 0 bridgehead atoms. The zero-order chi connectivity index (χ0) is 23.9. The molecule has 1 heterocycles. The van der Waals surface area contributed by atoms with E-state index in [-0.39, 0.29) is 0 Å². The molecule has 7 nitrogen and oxygen atoms in total. The Bertz CT molecular complexity index is 1160. The van der Waals surface area contributed by atoms with Crippen molar-refractivity contribution in [1.82, 2.24) is 4.90 Å². The number of hydrogen-bond donors (Lipinski definition) is 0. The van der Waals surface area contributed by atoms with E-state index in [0.29, 0.717) is 42.8 Å². The molecule has 0 spiro atoms. The van der Waals surface area contributed by atoms with E-state index in [0.717, 1.165) is 35.0 Å². The maximum absolute atomic E-state index is 12.8. The molecule has 1 aliphatic rings. The largest absolute Gasteiger partial charge is 0.493 e. The van der Waals surface area contributed by atoms with E-state index >= 15 is 0 Å². The normalized spacial score (nSPS) is 14.3.